The van der Waals surface area contributed by atoms with E-state index in [1.54, 1.807) is 38.1 Å². The summed E-state index contributed by atoms with van der Waals surface area (Å²) < 4.78 is 15.9. The Morgan fingerprint density at radius 1 is 1.28 bits per heavy atom. The number of rotatable bonds is 5. The normalized spacial score (nSPS) is 20.3. The first-order valence-electron chi connectivity index (χ1n) is 9.04. The summed E-state index contributed by atoms with van der Waals surface area (Å²) in [4.78, 5) is 39.2. The van der Waals surface area contributed by atoms with Gasteiger partial charge in [0, 0.05) is 11.3 Å². The summed E-state index contributed by atoms with van der Waals surface area (Å²) >= 11 is 0. The van der Waals surface area contributed by atoms with Gasteiger partial charge in [0.1, 0.15) is 29.3 Å². The molecule has 152 valence electrons. The highest BCUT2D eigenvalue weighted by atomic mass is 16.6. The third-order valence-electron chi connectivity index (χ3n) is 4.61. The van der Waals surface area contributed by atoms with Crippen molar-refractivity contribution in [2.75, 3.05) is 11.9 Å². The third-order valence-corrected chi connectivity index (χ3v) is 4.61. The molecule has 0 unspecified atom stereocenters. The number of ether oxygens (including phenoxy) is 3. The maximum absolute atomic E-state index is 13.2. The van der Waals surface area contributed by atoms with Crippen LogP contribution in [0.5, 0.6) is 0 Å². The van der Waals surface area contributed by atoms with Gasteiger partial charge in [-0.3, -0.25) is 0 Å². The van der Waals surface area contributed by atoms with Gasteiger partial charge in [0.25, 0.3) is 0 Å². The van der Waals surface area contributed by atoms with E-state index in [1.807, 2.05) is 0 Å². The largest absolute Gasteiger partial charge is 0.459 e. The van der Waals surface area contributed by atoms with Crippen molar-refractivity contribution >= 4 is 23.6 Å². The summed E-state index contributed by atoms with van der Waals surface area (Å²) in [5.74, 6) is -2.54. The lowest BCUT2D eigenvalue weighted by Crippen LogP contribution is -2.48. The molecule has 0 aromatic heterocycles. The van der Waals surface area contributed by atoms with E-state index in [4.69, 9.17) is 19.9 Å². The van der Waals surface area contributed by atoms with E-state index in [0.717, 1.165) is 0 Å². The summed E-state index contributed by atoms with van der Waals surface area (Å²) in [5, 5.41) is 2.91. The van der Waals surface area contributed by atoms with E-state index >= 15 is 0 Å². The van der Waals surface area contributed by atoms with Crippen LogP contribution in [-0.2, 0) is 34.0 Å². The Morgan fingerprint density at radius 3 is 2.62 bits per heavy atom. The molecular weight excluding hydrogens is 376 g/mol. The van der Waals surface area contributed by atoms with E-state index < -0.39 is 29.4 Å². The fourth-order valence-corrected chi connectivity index (χ4v) is 3.61. The van der Waals surface area contributed by atoms with E-state index in [-0.39, 0.29) is 29.3 Å². The second-order valence-electron chi connectivity index (χ2n) is 6.87. The van der Waals surface area contributed by atoms with Crippen molar-refractivity contribution < 1.29 is 28.6 Å². The lowest BCUT2D eigenvalue weighted by Gasteiger charge is -2.36. The molecule has 8 nitrogen and oxygen atoms in total. The first kappa shape index (κ1) is 20.2. The number of esters is 3. The van der Waals surface area contributed by atoms with Gasteiger partial charge in [0.05, 0.1) is 6.10 Å². The van der Waals surface area contributed by atoms with Crippen LogP contribution in [0.1, 0.15) is 26.3 Å². The molecule has 29 heavy (non-hydrogen) atoms. The number of anilines is 1. The molecule has 0 bridgehead atoms. The molecule has 3 N–H and O–H groups in total. The Balaban J connectivity index is 2.32. The number of allylic oxidation sites excluding steroid dienone is 1. The summed E-state index contributed by atoms with van der Waals surface area (Å²) in [6, 6.07) is 6.72. The molecule has 0 aliphatic carbocycles. The molecule has 8 heteroatoms. The predicted molar refractivity (Wildman–Crippen MR) is 104 cm³/mol. The zero-order valence-corrected chi connectivity index (χ0v) is 16.4. The SMILES string of the molecule is C=CCOC(=O)C1=C(C)OC(=O)[C@]12C(C(=O)OC(C)C)=C(N)Nc1ccccc12. The summed E-state index contributed by atoms with van der Waals surface area (Å²) in [6.07, 6.45) is 0.919. The Kier molecular flexibility index (Phi) is 5.19. The monoisotopic (exact) mass is 398 g/mol. The minimum absolute atomic E-state index is 0.0309. The van der Waals surface area contributed by atoms with Crippen LogP contribution in [0.15, 0.2) is 59.6 Å². The number of hydrogen-bond acceptors (Lipinski definition) is 8. The average molecular weight is 398 g/mol. The van der Waals surface area contributed by atoms with Crippen LogP contribution in [0.4, 0.5) is 5.69 Å². The van der Waals surface area contributed by atoms with Gasteiger partial charge in [0.15, 0.2) is 5.41 Å². The highest BCUT2D eigenvalue weighted by molar-refractivity contribution is 6.15. The van der Waals surface area contributed by atoms with Gasteiger partial charge in [-0.05, 0) is 26.8 Å². The van der Waals surface area contributed by atoms with E-state index in [2.05, 4.69) is 11.9 Å². The standard InChI is InChI=1S/C21H22N2O6/c1-5-10-27-18(24)15-12(4)29-20(26)21(15)13-8-6-7-9-14(13)23-17(22)16(21)19(25)28-11(2)3/h5-9,11,23H,1,10,22H2,2-4H3/t21-/m0/s1. The summed E-state index contributed by atoms with van der Waals surface area (Å²) in [6.45, 7) is 8.23. The molecule has 0 saturated carbocycles. The lowest BCUT2D eigenvalue weighted by atomic mass is 9.67. The summed E-state index contributed by atoms with van der Waals surface area (Å²) in [7, 11) is 0. The zero-order valence-electron chi connectivity index (χ0n) is 16.4. The molecule has 1 aromatic rings. The number of benzene rings is 1. The second-order valence-corrected chi connectivity index (χ2v) is 6.87. The maximum Gasteiger partial charge on any atom is 0.339 e. The molecular formula is C21H22N2O6. The maximum atomic E-state index is 13.2. The van der Waals surface area contributed by atoms with E-state index in [1.165, 1.54) is 13.0 Å². The van der Waals surface area contributed by atoms with Crippen molar-refractivity contribution in [1.29, 1.82) is 0 Å². The van der Waals surface area contributed by atoms with Crippen LogP contribution in [0, 0.1) is 0 Å². The first-order chi connectivity index (χ1) is 13.7. The number of cyclic esters (lactones) is 1. The molecule has 0 amide bonds. The van der Waals surface area contributed by atoms with Crippen LogP contribution < -0.4 is 11.1 Å². The average Bonchev–Trinajstić information content (AvgIpc) is 2.89. The molecule has 3 rings (SSSR count). The zero-order chi connectivity index (χ0) is 21.3. The molecule has 0 fully saturated rings. The smallest absolute Gasteiger partial charge is 0.339 e. The number of para-hydroxylation sites is 1. The Hall–Kier alpha value is -3.55. The quantitative estimate of drug-likeness (QED) is 0.440. The van der Waals surface area contributed by atoms with E-state index in [0.29, 0.717) is 11.3 Å². The van der Waals surface area contributed by atoms with Crippen LogP contribution in [0.25, 0.3) is 0 Å². The Morgan fingerprint density at radius 2 is 1.97 bits per heavy atom. The molecule has 0 saturated heterocycles. The van der Waals surface area contributed by atoms with Crippen LogP contribution >= 0.6 is 0 Å². The van der Waals surface area contributed by atoms with Crippen molar-refractivity contribution in [3.8, 4) is 0 Å². The molecule has 2 heterocycles. The van der Waals surface area contributed by atoms with Crippen LogP contribution in [0.3, 0.4) is 0 Å². The van der Waals surface area contributed by atoms with Crippen molar-refractivity contribution in [1.82, 2.24) is 0 Å². The predicted octanol–water partition coefficient (Wildman–Crippen LogP) is 2.03. The molecule has 0 radical (unpaired) electrons. The van der Waals surface area contributed by atoms with Gasteiger partial charge < -0.3 is 25.3 Å². The van der Waals surface area contributed by atoms with Gasteiger partial charge in [-0.15, -0.1) is 0 Å². The van der Waals surface area contributed by atoms with Crippen molar-refractivity contribution in [2.24, 2.45) is 5.73 Å². The fraction of sp³-hybridized carbons (Fsp3) is 0.286. The van der Waals surface area contributed by atoms with E-state index in [9.17, 15) is 14.4 Å². The molecule has 1 spiro atoms. The van der Waals surface area contributed by atoms with Crippen LogP contribution in [0.2, 0.25) is 0 Å². The first-order valence-corrected chi connectivity index (χ1v) is 9.04. The number of fused-ring (bicyclic) bond motifs is 2. The molecule has 1 aromatic carbocycles. The minimum Gasteiger partial charge on any atom is -0.459 e. The fourth-order valence-electron chi connectivity index (χ4n) is 3.61. The topological polar surface area (TPSA) is 117 Å². The number of hydrogen-bond donors (Lipinski definition) is 2. The lowest BCUT2D eigenvalue weighted by molar-refractivity contribution is -0.148. The van der Waals surface area contributed by atoms with Gasteiger partial charge in [-0.2, -0.15) is 0 Å². The summed E-state index contributed by atoms with van der Waals surface area (Å²) in [5.41, 5.74) is 4.75. The van der Waals surface area contributed by atoms with Crippen molar-refractivity contribution in [3.05, 3.63) is 65.2 Å². The van der Waals surface area contributed by atoms with Crippen molar-refractivity contribution in [2.45, 2.75) is 32.3 Å². The van der Waals surface area contributed by atoms with Crippen molar-refractivity contribution in [3.63, 3.8) is 0 Å². The molecule has 2 aliphatic heterocycles. The minimum atomic E-state index is -1.90. The number of carbonyl (C=O) groups is 3. The van der Waals surface area contributed by atoms with Gasteiger partial charge in [-0.25, -0.2) is 14.4 Å². The highest BCUT2D eigenvalue weighted by Gasteiger charge is 2.62. The third kappa shape index (κ3) is 3.06. The van der Waals surface area contributed by atoms with Gasteiger partial charge in [-0.1, -0.05) is 30.9 Å². The second kappa shape index (κ2) is 7.46. The number of nitrogens with two attached hydrogens (primary N) is 1. The van der Waals surface area contributed by atoms with Gasteiger partial charge in [0.2, 0.25) is 0 Å². The number of carbonyl (C=O) groups excluding carboxylic acids is 3. The van der Waals surface area contributed by atoms with Gasteiger partial charge >= 0.3 is 17.9 Å². The Bertz CT molecular complexity index is 975. The highest BCUT2D eigenvalue weighted by Crippen LogP contribution is 2.52. The van der Waals surface area contributed by atoms with Crippen LogP contribution in [-0.4, -0.2) is 30.6 Å². The molecule has 2 aliphatic rings. The number of nitrogens with one attached hydrogen (secondary N) is 1. The molecule has 1 atom stereocenters. The Labute approximate surface area is 168 Å².